The molecule has 11 aromatic rings. The van der Waals surface area contributed by atoms with Gasteiger partial charge < -0.3 is 9.32 Å². The molecule has 3 aromatic heterocycles. The van der Waals surface area contributed by atoms with Crippen LogP contribution in [0.25, 0.3) is 85.2 Å². The average molecular weight is 727 g/mol. The smallest absolute Gasteiger partial charge is 0.137 e. The number of anilines is 3. The predicted octanol–water partition coefficient (Wildman–Crippen LogP) is 15.0. The third-order valence-corrected chi connectivity index (χ3v) is 12.5. The minimum Gasteiger partial charge on any atom is -0.456 e. The van der Waals surface area contributed by atoms with Crippen molar-refractivity contribution >= 4 is 92.1 Å². The average Bonchev–Trinajstić information content (AvgIpc) is 3.93. The molecule has 0 fully saturated rings. The molecule has 0 unspecified atom stereocenters. The Morgan fingerprint density at radius 3 is 1.72 bits per heavy atom. The summed E-state index contributed by atoms with van der Waals surface area (Å²) in [5.74, 6) is 0. The molecule has 3 nitrogen and oxygen atoms in total. The van der Waals surface area contributed by atoms with Crippen molar-refractivity contribution in [1.82, 2.24) is 4.98 Å². The lowest BCUT2D eigenvalue weighted by Crippen LogP contribution is -2.09. The van der Waals surface area contributed by atoms with Gasteiger partial charge in [-0.15, -0.1) is 22.7 Å². The van der Waals surface area contributed by atoms with Crippen molar-refractivity contribution in [1.29, 1.82) is 0 Å². The summed E-state index contributed by atoms with van der Waals surface area (Å²) in [7, 11) is 0. The fourth-order valence-electron chi connectivity index (χ4n) is 7.62. The first-order valence-corrected chi connectivity index (χ1v) is 19.6. The molecular formula is C49H30N2OS2. The van der Waals surface area contributed by atoms with Crippen LogP contribution >= 0.6 is 22.7 Å². The first-order valence-electron chi connectivity index (χ1n) is 18.0. The monoisotopic (exact) mass is 726 g/mol. The van der Waals surface area contributed by atoms with Gasteiger partial charge in [-0.2, -0.15) is 0 Å². The van der Waals surface area contributed by atoms with Gasteiger partial charge in [-0.3, -0.25) is 0 Å². The van der Waals surface area contributed by atoms with Crippen molar-refractivity contribution in [2.75, 3.05) is 4.90 Å². The minimum atomic E-state index is 0.860. The van der Waals surface area contributed by atoms with Crippen LogP contribution in [0.4, 0.5) is 17.1 Å². The molecule has 0 aliphatic heterocycles. The van der Waals surface area contributed by atoms with Gasteiger partial charge in [0, 0.05) is 59.6 Å². The van der Waals surface area contributed by atoms with E-state index >= 15 is 0 Å². The van der Waals surface area contributed by atoms with Gasteiger partial charge in [0.05, 0.1) is 10.2 Å². The lowest BCUT2D eigenvalue weighted by Gasteiger charge is -2.26. The van der Waals surface area contributed by atoms with Crippen LogP contribution in [0.3, 0.4) is 0 Å². The molecule has 8 aromatic carbocycles. The van der Waals surface area contributed by atoms with E-state index in [1.54, 1.807) is 11.3 Å². The number of thiophene rings is 1. The van der Waals surface area contributed by atoms with Crippen LogP contribution in [0.5, 0.6) is 0 Å². The number of hydrogen-bond acceptors (Lipinski definition) is 5. The highest BCUT2D eigenvalue weighted by molar-refractivity contribution is 7.25. The molecule has 0 atom stereocenters. The Morgan fingerprint density at radius 1 is 0.370 bits per heavy atom. The van der Waals surface area contributed by atoms with Crippen LogP contribution in [0.2, 0.25) is 0 Å². The maximum Gasteiger partial charge on any atom is 0.137 e. The molecule has 11 rings (SSSR count). The zero-order chi connectivity index (χ0) is 35.6. The molecule has 254 valence electrons. The van der Waals surface area contributed by atoms with Crippen molar-refractivity contribution < 1.29 is 4.42 Å². The van der Waals surface area contributed by atoms with Crippen LogP contribution in [0.1, 0.15) is 0 Å². The van der Waals surface area contributed by atoms with Crippen LogP contribution in [0, 0.1) is 0 Å². The number of hydrogen-bond donors (Lipinski definition) is 0. The van der Waals surface area contributed by atoms with E-state index in [4.69, 9.17) is 9.40 Å². The second-order valence-electron chi connectivity index (χ2n) is 13.6. The van der Waals surface area contributed by atoms with Crippen molar-refractivity contribution in [3.05, 3.63) is 182 Å². The molecule has 0 radical (unpaired) electrons. The quantitative estimate of drug-likeness (QED) is 0.171. The standard InChI is InChI=1S/C49H30N2OS2/c1-3-9-31(10-4-1)32-15-20-36(21-16-32)51(38-24-26-47-42(28-38)40-13-7-8-14-46(40)53-47)37-22-17-33(18-23-37)35-19-25-39-41-29-48-43(30-45(41)52-44(39)27-35)50-49(54-48)34-11-5-2-6-12-34/h1-30H. The number of nitrogens with zero attached hydrogens (tertiary/aromatic N) is 2. The molecule has 0 amide bonds. The number of benzene rings is 8. The highest BCUT2D eigenvalue weighted by Crippen LogP contribution is 2.42. The van der Waals surface area contributed by atoms with Gasteiger partial charge in [-0.05, 0) is 89.0 Å². The Kier molecular flexibility index (Phi) is 7.22. The summed E-state index contributed by atoms with van der Waals surface area (Å²) in [6.45, 7) is 0. The lowest BCUT2D eigenvalue weighted by molar-refractivity contribution is 0.669. The van der Waals surface area contributed by atoms with Gasteiger partial charge in [-0.1, -0.05) is 109 Å². The van der Waals surface area contributed by atoms with Gasteiger partial charge in [0.25, 0.3) is 0 Å². The number of furan rings is 1. The first-order chi connectivity index (χ1) is 26.7. The number of thiazole rings is 1. The largest absolute Gasteiger partial charge is 0.456 e. The predicted molar refractivity (Wildman–Crippen MR) is 231 cm³/mol. The van der Waals surface area contributed by atoms with Crippen LogP contribution in [0.15, 0.2) is 186 Å². The number of rotatable bonds is 6. The van der Waals surface area contributed by atoms with Crippen molar-refractivity contribution in [2.24, 2.45) is 0 Å². The van der Waals surface area contributed by atoms with Crippen molar-refractivity contribution in [3.63, 3.8) is 0 Å². The van der Waals surface area contributed by atoms with E-state index in [0.29, 0.717) is 0 Å². The van der Waals surface area contributed by atoms with Gasteiger partial charge >= 0.3 is 0 Å². The highest BCUT2D eigenvalue weighted by atomic mass is 32.1. The molecule has 0 saturated carbocycles. The Bertz CT molecular complexity index is 3140. The zero-order valence-electron chi connectivity index (χ0n) is 28.9. The fourth-order valence-corrected chi connectivity index (χ4v) is 9.70. The topological polar surface area (TPSA) is 29.3 Å². The summed E-state index contributed by atoms with van der Waals surface area (Å²) in [6, 6.07) is 65.1. The Labute approximate surface area is 319 Å². The lowest BCUT2D eigenvalue weighted by atomic mass is 10.0. The van der Waals surface area contributed by atoms with Gasteiger partial charge in [0.1, 0.15) is 16.2 Å². The SMILES string of the molecule is c1ccc(-c2ccc(N(c3ccc(-c4ccc5c(c4)oc4cc6nc(-c7ccccc7)sc6cc45)cc3)c3ccc4sc5ccccc5c4c3)cc2)cc1. The summed E-state index contributed by atoms with van der Waals surface area (Å²) >= 11 is 3.57. The number of aromatic nitrogens is 1. The maximum atomic E-state index is 6.47. The molecule has 0 bridgehead atoms. The zero-order valence-corrected chi connectivity index (χ0v) is 30.6. The summed E-state index contributed by atoms with van der Waals surface area (Å²) < 4.78 is 10.2. The first kappa shape index (κ1) is 31.0. The van der Waals surface area contributed by atoms with E-state index in [9.17, 15) is 0 Å². The summed E-state index contributed by atoms with van der Waals surface area (Å²) in [5, 5.41) is 5.83. The van der Waals surface area contributed by atoms with Crippen LogP contribution in [-0.2, 0) is 0 Å². The molecule has 54 heavy (non-hydrogen) atoms. The van der Waals surface area contributed by atoms with E-state index in [-0.39, 0.29) is 0 Å². The molecule has 0 N–H and O–H groups in total. The van der Waals surface area contributed by atoms with Gasteiger partial charge in [0.2, 0.25) is 0 Å². The van der Waals surface area contributed by atoms with Crippen molar-refractivity contribution in [2.45, 2.75) is 0 Å². The van der Waals surface area contributed by atoms with Gasteiger partial charge in [0.15, 0.2) is 0 Å². The molecule has 0 saturated heterocycles. The Balaban J connectivity index is 0.964. The molecule has 3 heterocycles. The van der Waals surface area contributed by atoms with E-state index in [0.717, 1.165) is 70.9 Å². The third-order valence-electron chi connectivity index (χ3n) is 10.3. The summed E-state index contributed by atoms with van der Waals surface area (Å²) in [6.07, 6.45) is 0. The molecule has 0 aliphatic rings. The van der Waals surface area contributed by atoms with E-state index in [2.05, 4.69) is 181 Å². The van der Waals surface area contributed by atoms with Crippen LogP contribution in [-0.4, -0.2) is 4.98 Å². The third kappa shape index (κ3) is 5.28. The highest BCUT2D eigenvalue weighted by Gasteiger charge is 2.17. The summed E-state index contributed by atoms with van der Waals surface area (Å²) in [5.41, 5.74) is 11.8. The molecular weight excluding hydrogens is 697 g/mol. The van der Waals surface area contributed by atoms with E-state index in [1.807, 2.05) is 17.4 Å². The Hall–Kier alpha value is -6.53. The molecule has 0 aliphatic carbocycles. The normalized spacial score (nSPS) is 11.7. The minimum absolute atomic E-state index is 0.860. The van der Waals surface area contributed by atoms with E-state index < -0.39 is 0 Å². The summed E-state index contributed by atoms with van der Waals surface area (Å²) in [4.78, 5) is 7.29. The van der Waals surface area contributed by atoms with Crippen molar-refractivity contribution in [3.8, 4) is 32.8 Å². The molecule has 0 spiro atoms. The number of fused-ring (bicyclic) bond motifs is 7. The van der Waals surface area contributed by atoms with E-state index in [1.165, 1.54) is 31.3 Å². The van der Waals surface area contributed by atoms with Crippen LogP contribution < -0.4 is 4.90 Å². The molecule has 5 heteroatoms. The fraction of sp³-hybridized carbons (Fsp3) is 0. The second kappa shape index (κ2) is 12.6. The van der Waals surface area contributed by atoms with Gasteiger partial charge in [-0.25, -0.2) is 4.98 Å². The Morgan fingerprint density at radius 2 is 0.963 bits per heavy atom. The second-order valence-corrected chi connectivity index (χ2v) is 15.7. The maximum absolute atomic E-state index is 6.47.